The second kappa shape index (κ2) is 6.78. The van der Waals surface area contributed by atoms with E-state index in [1.165, 1.54) is 0 Å². The predicted molar refractivity (Wildman–Crippen MR) is 85.5 cm³/mol. The number of aliphatic carboxylic acids is 1. The SMILES string of the molecule is O=C(O)[C@@H]1CN(C(=O)c2ncccc2C(F)(F)F)C[C@@H]1c1ccccc1. The van der Waals surface area contributed by atoms with Crippen LogP contribution in [0.5, 0.6) is 0 Å². The van der Waals surface area contributed by atoms with Gasteiger partial charge < -0.3 is 10.0 Å². The second-order valence-electron chi connectivity index (χ2n) is 6.07. The topological polar surface area (TPSA) is 70.5 Å². The summed E-state index contributed by atoms with van der Waals surface area (Å²) in [5.74, 6) is -3.39. The molecule has 136 valence electrons. The van der Waals surface area contributed by atoms with E-state index in [1.54, 1.807) is 30.3 Å². The molecule has 0 unspecified atom stereocenters. The molecule has 0 saturated carbocycles. The molecule has 1 aromatic heterocycles. The molecule has 1 saturated heterocycles. The summed E-state index contributed by atoms with van der Waals surface area (Å²) >= 11 is 0. The molecular weight excluding hydrogens is 349 g/mol. The highest BCUT2D eigenvalue weighted by molar-refractivity contribution is 5.94. The number of carbonyl (C=O) groups excluding carboxylic acids is 1. The molecule has 1 aliphatic heterocycles. The number of amides is 1. The van der Waals surface area contributed by atoms with Crippen molar-refractivity contribution < 1.29 is 27.9 Å². The van der Waals surface area contributed by atoms with Gasteiger partial charge in [0, 0.05) is 25.2 Å². The van der Waals surface area contributed by atoms with E-state index in [0.29, 0.717) is 0 Å². The van der Waals surface area contributed by atoms with Crippen LogP contribution < -0.4 is 0 Å². The Kier molecular flexibility index (Phi) is 4.67. The van der Waals surface area contributed by atoms with E-state index in [-0.39, 0.29) is 13.1 Å². The van der Waals surface area contributed by atoms with E-state index >= 15 is 0 Å². The Hall–Kier alpha value is -2.90. The van der Waals surface area contributed by atoms with Crippen molar-refractivity contribution in [1.29, 1.82) is 0 Å². The van der Waals surface area contributed by atoms with Crippen molar-refractivity contribution in [2.45, 2.75) is 12.1 Å². The number of carboxylic acid groups (broad SMARTS) is 1. The van der Waals surface area contributed by atoms with E-state index < -0.39 is 41.1 Å². The van der Waals surface area contributed by atoms with Gasteiger partial charge in [-0.15, -0.1) is 0 Å². The molecule has 26 heavy (non-hydrogen) atoms. The fourth-order valence-electron chi connectivity index (χ4n) is 3.21. The molecule has 1 aromatic carbocycles. The van der Waals surface area contributed by atoms with E-state index in [1.807, 2.05) is 0 Å². The average molecular weight is 364 g/mol. The first-order valence-electron chi connectivity index (χ1n) is 7.88. The number of nitrogens with zero attached hydrogens (tertiary/aromatic N) is 2. The van der Waals surface area contributed by atoms with Crippen LogP contribution in [-0.4, -0.2) is 40.0 Å². The van der Waals surface area contributed by atoms with E-state index in [9.17, 15) is 27.9 Å². The molecule has 2 atom stereocenters. The summed E-state index contributed by atoms with van der Waals surface area (Å²) in [6, 6.07) is 10.7. The molecule has 1 aliphatic rings. The van der Waals surface area contributed by atoms with Gasteiger partial charge in [-0.25, -0.2) is 0 Å². The maximum Gasteiger partial charge on any atom is 0.418 e. The van der Waals surface area contributed by atoms with Crippen molar-refractivity contribution >= 4 is 11.9 Å². The van der Waals surface area contributed by atoms with Crippen molar-refractivity contribution in [3.63, 3.8) is 0 Å². The molecule has 8 heteroatoms. The summed E-state index contributed by atoms with van der Waals surface area (Å²) in [7, 11) is 0. The Labute approximate surface area is 147 Å². The molecule has 2 aromatic rings. The lowest BCUT2D eigenvalue weighted by Crippen LogP contribution is -2.32. The molecule has 1 fully saturated rings. The van der Waals surface area contributed by atoms with Gasteiger partial charge in [0.15, 0.2) is 0 Å². The first-order chi connectivity index (χ1) is 12.3. The number of hydrogen-bond acceptors (Lipinski definition) is 3. The molecule has 5 nitrogen and oxygen atoms in total. The molecule has 0 radical (unpaired) electrons. The van der Waals surface area contributed by atoms with Crippen LogP contribution >= 0.6 is 0 Å². The predicted octanol–water partition coefficient (Wildman–Crippen LogP) is 3.04. The Balaban J connectivity index is 1.92. The van der Waals surface area contributed by atoms with Crippen molar-refractivity contribution in [1.82, 2.24) is 9.88 Å². The van der Waals surface area contributed by atoms with Gasteiger partial charge in [0.2, 0.25) is 0 Å². The molecule has 0 bridgehead atoms. The van der Waals surface area contributed by atoms with Gasteiger partial charge in [0.1, 0.15) is 5.69 Å². The van der Waals surface area contributed by atoms with Crippen LogP contribution in [0.15, 0.2) is 48.7 Å². The monoisotopic (exact) mass is 364 g/mol. The third-order valence-electron chi connectivity index (χ3n) is 4.47. The van der Waals surface area contributed by atoms with E-state index in [4.69, 9.17) is 0 Å². The number of aromatic nitrogens is 1. The lowest BCUT2D eigenvalue weighted by Gasteiger charge is -2.18. The van der Waals surface area contributed by atoms with Gasteiger partial charge in [-0.05, 0) is 17.7 Å². The first-order valence-corrected chi connectivity index (χ1v) is 7.88. The number of likely N-dealkylation sites (tertiary alicyclic amines) is 1. The molecule has 1 amide bonds. The third-order valence-corrected chi connectivity index (χ3v) is 4.47. The highest BCUT2D eigenvalue weighted by Crippen LogP contribution is 2.36. The Morgan fingerprint density at radius 3 is 2.38 bits per heavy atom. The Morgan fingerprint density at radius 2 is 1.77 bits per heavy atom. The highest BCUT2D eigenvalue weighted by atomic mass is 19.4. The van der Waals surface area contributed by atoms with Crippen LogP contribution in [0.3, 0.4) is 0 Å². The minimum atomic E-state index is -4.72. The van der Waals surface area contributed by atoms with Crippen LogP contribution in [0.2, 0.25) is 0 Å². The molecular formula is C18H15F3N2O3. The van der Waals surface area contributed by atoms with Crippen LogP contribution in [0.25, 0.3) is 0 Å². The minimum Gasteiger partial charge on any atom is -0.481 e. The lowest BCUT2D eigenvalue weighted by atomic mass is 9.89. The van der Waals surface area contributed by atoms with Gasteiger partial charge in [-0.2, -0.15) is 13.2 Å². The zero-order valence-electron chi connectivity index (χ0n) is 13.5. The molecule has 1 N–H and O–H groups in total. The Bertz CT molecular complexity index is 824. The standard InChI is InChI=1S/C18H15F3N2O3/c19-18(20,21)14-7-4-8-22-15(14)16(24)23-9-12(13(10-23)17(25)26)11-5-2-1-3-6-11/h1-8,12-13H,9-10H2,(H,25,26)/t12-,13-/m1/s1. The summed E-state index contributed by atoms with van der Waals surface area (Å²) in [4.78, 5) is 28.9. The van der Waals surface area contributed by atoms with E-state index in [2.05, 4.69) is 4.98 Å². The molecule has 3 rings (SSSR count). The van der Waals surface area contributed by atoms with Crippen molar-refractivity contribution in [3.8, 4) is 0 Å². The number of benzene rings is 1. The van der Waals surface area contributed by atoms with E-state index in [0.717, 1.165) is 28.8 Å². The number of rotatable bonds is 3. The zero-order valence-corrected chi connectivity index (χ0v) is 13.5. The van der Waals surface area contributed by atoms with Crippen LogP contribution in [0, 0.1) is 5.92 Å². The van der Waals surface area contributed by atoms with Gasteiger partial charge >= 0.3 is 12.1 Å². The van der Waals surface area contributed by atoms with Gasteiger partial charge in [0.25, 0.3) is 5.91 Å². The van der Waals surface area contributed by atoms with Gasteiger partial charge in [-0.1, -0.05) is 30.3 Å². The molecule has 0 spiro atoms. The van der Waals surface area contributed by atoms with Crippen LogP contribution in [0.1, 0.15) is 27.5 Å². The normalized spacial score (nSPS) is 20.2. The quantitative estimate of drug-likeness (QED) is 0.909. The lowest BCUT2D eigenvalue weighted by molar-refractivity contribution is -0.142. The number of pyridine rings is 1. The van der Waals surface area contributed by atoms with Gasteiger partial charge in [0.05, 0.1) is 11.5 Å². The van der Waals surface area contributed by atoms with Gasteiger partial charge in [-0.3, -0.25) is 14.6 Å². The van der Waals surface area contributed by atoms with Crippen molar-refractivity contribution in [2.75, 3.05) is 13.1 Å². The summed E-state index contributed by atoms with van der Waals surface area (Å²) in [5.41, 5.74) is -1.11. The van der Waals surface area contributed by atoms with Crippen molar-refractivity contribution in [2.24, 2.45) is 5.92 Å². The fraction of sp³-hybridized carbons (Fsp3) is 0.278. The third kappa shape index (κ3) is 3.40. The maximum atomic E-state index is 13.1. The fourth-order valence-corrected chi connectivity index (χ4v) is 3.21. The largest absolute Gasteiger partial charge is 0.481 e. The summed E-state index contributed by atoms with van der Waals surface area (Å²) in [6.45, 7) is -0.144. The van der Waals surface area contributed by atoms with Crippen molar-refractivity contribution in [3.05, 3.63) is 65.5 Å². The second-order valence-corrected chi connectivity index (χ2v) is 6.07. The Morgan fingerprint density at radius 1 is 1.08 bits per heavy atom. The summed E-state index contributed by atoms with van der Waals surface area (Å²) in [5, 5.41) is 9.47. The highest BCUT2D eigenvalue weighted by Gasteiger charge is 2.43. The number of hydrogen-bond donors (Lipinski definition) is 1. The van der Waals surface area contributed by atoms with Crippen LogP contribution in [-0.2, 0) is 11.0 Å². The number of alkyl halides is 3. The zero-order chi connectivity index (χ0) is 18.9. The number of halogens is 3. The minimum absolute atomic E-state index is 0.0215. The number of carboxylic acids is 1. The maximum absolute atomic E-state index is 13.1. The van der Waals surface area contributed by atoms with Crippen LogP contribution in [0.4, 0.5) is 13.2 Å². The average Bonchev–Trinajstić information content (AvgIpc) is 3.07. The molecule has 0 aliphatic carbocycles. The first kappa shape index (κ1) is 17.9. The number of carbonyl (C=O) groups is 2. The smallest absolute Gasteiger partial charge is 0.418 e. The molecule has 2 heterocycles. The summed E-state index contributed by atoms with van der Waals surface area (Å²) in [6.07, 6.45) is -3.61. The summed E-state index contributed by atoms with van der Waals surface area (Å²) < 4.78 is 39.4.